The summed E-state index contributed by atoms with van der Waals surface area (Å²) < 4.78 is 0. The van der Waals surface area contributed by atoms with Crippen LogP contribution < -0.4 is 10.2 Å². The van der Waals surface area contributed by atoms with E-state index in [0.29, 0.717) is 16.1 Å². The molecule has 2 heterocycles. The number of carbonyl (C=O) groups is 2. The van der Waals surface area contributed by atoms with Crippen molar-refractivity contribution in [3.05, 3.63) is 82.3 Å². The normalized spacial score (nSPS) is 11.6. The van der Waals surface area contributed by atoms with E-state index in [4.69, 9.17) is 0 Å². The summed E-state index contributed by atoms with van der Waals surface area (Å²) in [7, 11) is 1.68. The molecule has 0 spiro atoms. The van der Waals surface area contributed by atoms with Crippen LogP contribution in [0.3, 0.4) is 0 Å². The highest BCUT2D eigenvalue weighted by Crippen LogP contribution is 2.23. The molecule has 0 bridgehead atoms. The second-order valence-electron chi connectivity index (χ2n) is 5.84. The zero-order valence-electron chi connectivity index (χ0n) is 14.5. The summed E-state index contributed by atoms with van der Waals surface area (Å²) in [5.74, 6) is -0.372. The van der Waals surface area contributed by atoms with Gasteiger partial charge < -0.3 is 10.2 Å². The number of hydrogen-bond donors (Lipinski definition) is 1. The number of carbonyl (C=O) groups excluding carboxylic acids is 2. The van der Waals surface area contributed by atoms with Crippen LogP contribution in [0.1, 0.15) is 38.6 Å². The number of pyridine rings is 1. The van der Waals surface area contributed by atoms with Gasteiger partial charge in [-0.05, 0) is 42.1 Å². The third-order valence-corrected chi connectivity index (χ3v) is 4.94. The number of aromatic nitrogens is 1. The zero-order chi connectivity index (χ0) is 18.5. The Hall–Kier alpha value is -2.99. The van der Waals surface area contributed by atoms with E-state index < -0.39 is 0 Å². The zero-order valence-corrected chi connectivity index (χ0v) is 15.4. The van der Waals surface area contributed by atoms with Crippen molar-refractivity contribution in [2.75, 3.05) is 11.9 Å². The Bertz CT molecular complexity index is 894. The molecular formula is C20H19N3O2S. The van der Waals surface area contributed by atoms with Gasteiger partial charge in [-0.3, -0.25) is 14.6 Å². The third-order valence-electron chi connectivity index (χ3n) is 4.08. The molecule has 3 aromatic rings. The Morgan fingerprint density at radius 1 is 1.12 bits per heavy atom. The van der Waals surface area contributed by atoms with E-state index in [1.165, 1.54) is 16.2 Å². The van der Waals surface area contributed by atoms with Gasteiger partial charge in [0.25, 0.3) is 11.8 Å². The molecule has 0 aliphatic heterocycles. The van der Waals surface area contributed by atoms with Crippen LogP contribution in [0.25, 0.3) is 0 Å². The summed E-state index contributed by atoms with van der Waals surface area (Å²) in [6.45, 7) is 1.90. The molecule has 2 aromatic heterocycles. The van der Waals surface area contributed by atoms with Crippen molar-refractivity contribution >= 4 is 28.8 Å². The van der Waals surface area contributed by atoms with E-state index in [-0.39, 0.29) is 17.9 Å². The molecule has 0 aliphatic carbocycles. The Labute approximate surface area is 156 Å². The Morgan fingerprint density at radius 3 is 2.62 bits per heavy atom. The summed E-state index contributed by atoms with van der Waals surface area (Å²) in [6.07, 6.45) is 3.42. The molecule has 0 saturated carbocycles. The van der Waals surface area contributed by atoms with Crippen LogP contribution in [0.5, 0.6) is 0 Å². The lowest BCUT2D eigenvalue weighted by molar-refractivity contribution is 0.0940. The molecule has 26 heavy (non-hydrogen) atoms. The first-order valence-corrected chi connectivity index (χ1v) is 9.07. The van der Waals surface area contributed by atoms with E-state index in [9.17, 15) is 9.59 Å². The standard InChI is InChI=1S/C20H19N3O2S/c1-14(15-7-5-11-21-13-15)22-19(24)16-8-3-4-9-17(16)23(2)20(25)18-10-6-12-26-18/h3-14H,1-2H3,(H,22,24). The number of rotatable bonds is 5. The van der Waals surface area contributed by atoms with E-state index in [1.54, 1.807) is 43.7 Å². The molecule has 0 fully saturated rings. The number of amides is 2. The van der Waals surface area contributed by atoms with Crippen molar-refractivity contribution in [3.63, 3.8) is 0 Å². The van der Waals surface area contributed by atoms with Crippen molar-refractivity contribution in [3.8, 4) is 0 Å². The number of nitrogens with zero attached hydrogens (tertiary/aromatic N) is 2. The second-order valence-corrected chi connectivity index (χ2v) is 6.79. The van der Waals surface area contributed by atoms with Crippen LogP contribution in [-0.4, -0.2) is 23.8 Å². The van der Waals surface area contributed by atoms with Crippen molar-refractivity contribution in [1.82, 2.24) is 10.3 Å². The predicted octanol–water partition coefficient (Wildman–Crippen LogP) is 3.91. The largest absolute Gasteiger partial charge is 0.345 e. The predicted molar refractivity (Wildman–Crippen MR) is 104 cm³/mol. The Kier molecular flexibility index (Phi) is 5.43. The quantitative estimate of drug-likeness (QED) is 0.746. The van der Waals surface area contributed by atoms with Crippen molar-refractivity contribution in [2.24, 2.45) is 0 Å². The van der Waals surface area contributed by atoms with Crippen molar-refractivity contribution in [2.45, 2.75) is 13.0 Å². The number of benzene rings is 1. The number of hydrogen-bond acceptors (Lipinski definition) is 4. The summed E-state index contributed by atoms with van der Waals surface area (Å²) >= 11 is 1.38. The number of para-hydroxylation sites is 1. The highest BCUT2D eigenvalue weighted by Gasteiger charge is 2.21. The van der Waals surface area contributed by atoms with Gasteiger partial charge in [-0.2, -0.15) is 0 Å². The fraction of sp³-hybridized carbons (Fsp3) is 0.150. The van der Waals surface area contributed by atoms with Gasteiger partial charge in [-0.1, -0.05) is 24.3 Å². The Balaban J connectivity index is 1.82. The fourth-order valence-electron chi connectivity index (χ4n) is 2.62. The van der Waals surface area contributed by atoms with Crippen LogP contribution in [0.2, 0.25) is 0 Å². The van der Waals surface area contributed by atoms with E-state index >= 15 is 0 Å². The molecule has 2 amide bonds. The Morgan fingerprint density at radius 2 is 1.92 bits per heavy atom. The molecule has 0 saturated heterocycles. The van der Waals surface area contributed by atoms with Crippen LogP contribution >= 0.6 is 11.3 Å². The minimum absolute atomic E-state index is 0.138. The second kappa shape index (κ2) is 7.93. The minimum Gasteiger partial charge on any atom is -0.345 e. The molecule has 0 radical (unpaired) electrons. The molecule has 1 atom stereocenters. The summed E-state index contributed by atoms with van der Waals surface area (Å²) in [4.78, 5) is 31.6. The SMILES string of the molecule is CC(NC(=O)c1ccccc1N(C)C(=O)c1cccs1)c1cccnc1. The maximum absolute atomic E-state index is 12.8. The molecular weight excluding hydrogens is 346 g/mol. The van der Waals surface area contributed by atoms with Crippen molar-refractivity contribution < 1.29 is 9.59 Å². The summed E-state index contributed by atoms with van der Waals surface area (Å²) in [5, 5.41) is 4.82. The average Bonchev–Trinajstić information content (AvgIpc) is 3.22. The average molecular weight is 365 g/mol. The first-order chi connectivity index (χ1) is 12.6. The van der Waals surface area contributed by atoms with Crippen LogP contribution in [-0.2, 0) is 0 Å². The van der Waals surface area contributed by atoms with Gasteiger partial charge in [-0.15, -0.1) is 11.3 Å². The van der Waals surface area contributed by atoms with E-state index in [2.05, 4.69) is 10.3 Å². The highest BCUT2D eigenvalue weighted by atomic mass is 32.1. The lowest BCUT2D eigenvalue weighted by Gasteiger charge is -2.21. The molecule has 1 N–H and O–H groups in total. The van der Waals surface area contributed by atoms with Gasteiger partial charge in [0.05, 0.1) is 22.2 Å². The first kappa shape index (κ1) is 17.8. The molecule has 6 heteroatoms. The number of thiophene rings is 1. The maximum atomic E-state index is 12.8. The van der Waals surface area contributed by atoms with Gasteiger partial charge in [0.2, 0.25) is 0 Å². The molecule has 5 nitrogen and oxygen atoms in total. The lowest BCUT2D eigenvalue weighted by atomic mass is 10.1. The van der Waals surface area contributed by atoms with Gasteiger partial charge in [0, 0.05) is 19.4 Å². The lowest BCUT2D eigenvalue weighted by Crippen LogP contribution is -2.31. The topological polar surface area (TPSA) is 62.3 Å². The van der Waals surface area contributed by atoms with Gasteiger partial charge in [0.15, 0.2) is 0 Å². The van der Waals surface area contributed by atoms with Gasteiger partial charge >= 0.3 is 0 Å². The number of nitrogens with one attached hydrogen (secondary N) is 1. The van der Waals surface area contributed by atoms with Gasteiger partial charge in [-0.25, -0.2) is 0 Å². The minimum atomic E-state index is -0.234. The molecule has 3 rings (SSSR count). The fourth-order valence-corrected chi connectivity index (χ4v) is 3.32. The van der Waals surface area contributed by atoms with Crippen molar-refractivity contribution in [1.29, 1.82) is 0 Å². The maximum Gasteiger partial charge on any atom is 0.268 e. The number of anilines is 1. The van der Waals surface area contributed by atoms with Gasteiger partial charge in [0.1, 0.15) is 0 Å². The van der Waals surface area contributed by atoms with Crippen LogP contribution in [0.4, 0.5) is 5.69 Å². The molecule has 1 unspecified atom stereocenters. The first-order valence-electron chi connectivity index (χ1n) is 8.19. The molecule has 132 valence electrons. The summed E-state index contributed by atoms with van der Waals surface area (Å²) in [6, 6.07) is 14.3. The monoisotopic (exact) mass is 365 g/mol. The van der Waals surface area contributed by atoms with E-state index in [1.807, 2.05) is 36.6 Å². The molecule has 1 aromatic carbocycles. The smallest absolute Gasteiger partial charge is 0.268 e. The third kappa shape index (κ3) is 3.81. The summed E-state index contributed by atoms with van der Waals surface area (Å²) in [5.41, 5.74) is 1.94. The van der Waals surface area contributed by atoms with Crippen LogP contribution in [0.15, 0.2) is 66.3 Å². The highest BCUT2D eigenvalue weighted by molar-refractivity contribution is 7.12. The van der Waals surface area contributed by atoms with E-state index in [0.717, 1.165) is 5.56 Å². The molecule has 0 aliphatic rings. The van der Waals surface area contributed by atoms with Crippen LogP contribution in [0, 0.1) is 0 Å².